The molecule has 4 nitrogen and oxygen atoms in total. The first-order valence-electron chi connectivity index (χ1n) is 12.2. The number of rotatable bonds is 6. The van der Waals surface area contributed by atoms with Crippen molar-refractivity contribution in [2.75, 3.05) is 0 Å². The maximum Gasteiger partial charge on any atom is 0.106 e. The number of aliphatic hydroxyl groups excluding tert-OH is 3. The summed E-state index contributed by atoms with van der Waals surface area (Å²) in [4.78, 5) is 0. The van der Waals surface area contributed by atoms with Gasteiger partial charge >= 0.3 is 0 Å². The molecule has 172 valence electrons. The minimum atomic E-state index is -1.03. The Kier molecular flexibility index (Phi) is 7.54. The van der Waals surface area contributed by atoms with Gasteiger partial charge in [0.25, 0.3) is 0 Å². The maximum absolute atomic E-state index is 10.0. The van der Waals surface area contributed by atoms with Crippen molar-refractivity contribution in [1.82, 2.24) is 0 Å². The van der Waals surface area contributed by atoms with E-state index in [1.165, 1.54) is 37.7 Å². The molecule has 1 unspecified atom stereocenters. The first-order chi connectivity index (χ1) is 14.0. The molecule has 0 spiro atoms. The SMILES string of the molecule is C[C@H](CCCC(C)(C)O)[C@H]1CC[C@H]2/C(=C/C=C3C[C@@H](O)C(O)[C@H](O)C3)CCCC12C. The second-order valence-electron chi connectivity index (χ2n) is 11.4. The van der Waals surface area contributed by atoms with Crippen molar-refractivity contribution in [3.8, 4) is 0 Å². The molecule has 0 saturated heterocycles. The van der Waals surface area contributed by atoms with Gasteiger partial charge in [0.1, 0.15) is 6.10 Å². The second kappa shape index (κ2) is 9.44. The van der Waals surface area contributed by atoms with E-state index in [0.29, 0.717) is 30.1 Å². The van der Waals surface area contributed by atoms with Crippen LogP contribution in [-0.4, -0.2) is 44.3 Å². The van der Waals surface area contributed by atoms with E-state index < -0.39 is 23.9 Å². The van der Waals surface area contributed by atoms with Crippen LogP contribution in [0.1, 0.15) is 91.9 Å². The summed E-state index contributed by atoms with van der Waals surface area (Å²) in [6.07, 6.45) is 11.9. The molecule has 3 aliphatic rings. The molecule has 6 atom stereocenters. The topological polar surface area (TPSA) is 80.9 Å². The zero-order valence-electron chi connectivity index (χ0n) is 19.5. The van der Waals surface area contributed by atoms with Gasteiger partial charge in [0.05, 0.1) is 17.8 Å². The average molecular weight is 421 g/mol. The van der Waals surface area contributed by atoms with Gasteiger partial charge in [-0.3, -0.25) is 0 Å². The van der Waals surface area contributed by atoms with Crippen LogP contribution in [0.3, 0.4) is 0 Å². The van der Waals surface area contributed by atoms with Gasteiger partial charge in [0, 0.05) is 0 Å². The smallest absolute Gasteiger partial charge is 0.106 e. The number of fused-ring (bicyclic) bond motifs is 1. The summed E-state index contributed by atoms with van der Waals surface area (Å²) in [5.41, 5.74) is 2.37. The van der Waals surface area contributed by atoms with E-state index in [4.69, 9.17) is 0 Å². The monoisotopic (exact) mass is 420 g/mol. The third-order valence-electron chi connectivity index (χ3n) is 8.44. The van der Waals surface area contributed by atoms with E-state index in [0.717, 1.165) is 30.8 Å². The fourth-order valence-electron chi connectivity index (χ4n) is 6.75. The van der Waals surface area contributed by atoms with Crippen molar-refractivity contribution in [3.05, 3.63) is 23.3 Å². The van der Waals surface area contributed by atoms with Gasteiger partial charge in [-0.1, -0.05) is 50.0 Å². The minimum absolute atomic E-state index is 0.360. The lowest BCUT2D eigenvalue weighted by Crippen LogP contribution is -2.41. The lowest BCUT2D eigenvalue weighted by atomic mass is 9.60. The Labute approximate surface area is 183 Å². The van der Waals surface area contributed by atoms with Gasteiger partial charge in [-0.05, 0) is 88.4 Å². The molecule has 0 aromatic heterocycles. The van der Waals surface area contributed by atoms with Gasteiger partial charge in [-0.25, -0.2) is 0 Å². The average Bonchev–Trinajstić information content (AvgIpc) is 3.00. The predicted molar refractivity (Wildman–Crippen MR) is 121 cm³/mol. The van der Waals surface area contributed by atoms with Crippen LogP contribution in [0.15, 0.2) is 23.3 Å². The first kappa shape index (κ1) is 24.0. The molecule has 0 aliphatic heterocycles. The lowest BCUT2D eigenvalue weighted by molar-refractivity contribution is -0.0713. The molecule has 3 rings (SSSR count). The Hall–Kier alpha value is -0.680. The summed E-state index contributed by atoms with van der Waals surface area (Å²) in [6, 6.07) is 0. The van der Waals surface area contributed by atoms with Crippen LogP contribution in [0, 0.1) is 23.2 Å². The molecular weight excluding hydrogens is 376 g/mol. The lowest BCUT2D eigenvalue weighted by Gasteiger charge is -2.44. The minimum Gasteiger partial charge on any atom is -0.390 e. The van der Waals surface area contributed by atoms with E-state index in [9.17, 15) is 20.4 Å². The Bertz CT molecular complexity index is 632. The fraction of sp³-hybridized carbons (Fsp3) is 0.846. The molecule has 3 aliphatic carbocycles. The molecule has 4 N–H and O–H groups in total. The molecule has 30 heavy (non-hydrogen) atoms. The first-order valence-corrected chi connectivity index (χ1v) is 12.2. The van der Waals surface area contributed by atoms with Gasteiger partial charge in [-0.2, -0.15) is 0 Å². The van der Waals surface area contributed by atoms with E-state index in [-0.39, 0.29) is 0 Å². The molecule has 0 amide bonds. The molecule has 0 radical (unpaired) electrons. The third-order valence-corrected chi connectivity index (χ3v) is 8.44. The zero-order chi connectivity index (χ0) is 22.1. The quantitative estimate of drug-likeness (QED) is 0.510. The molecule has 4 heteroatoms. The zero-order valence-corrected chi connectivity index (χ0v) is 19.5. The molecule has 3 saturated carbocycles. The summed E-state index contributed by atoms with van der Waals surface area (Å²) in [6.45, 7) is 8.73. The Morgan fingerprint density at radius 3 is 2.40 bits per heavy atom. The Balaban J connectivity index is 1.67. The van der Waals surface area contributed by atoms with Gasteiger partial charge < -0.3 is 20.4 Å². The highest BCUT2D eigenvalue weighted by Gasteiger charge is 2.50. The molecule has 0 heterocycles. The van der Waals surface area contributed by atoms with Crippen LogP contribution in [0.4, 0.5) is 0 Å². The molecule has 3 fully saturated rings. The van der Waals surface area contributed by atoms with Crippen molar-refractivity contribution in [2.24, 2.45) is 23.2 Å². The summed E-state index contributed by atoms with van der Waals surface area (Å²) >= 11 is 0. The molecule has 0 aromatic rings. The highest BCUT2D eigenvalue weighted by Crippen LogP contribution is 2.59. The number of aliphatic hydroxyl groups is 4. The van der Waals surface area contributed by atoms with Crippen LogP contribution >= 0.6 is 0 Å². The number of hydrogen-bond acceptors (Lipinski definition) is 4. The van der Waals surface area contributed by atoms with Crippen LogP contribution < -0.4 is 0 Å². The summed E-state index contributed by atoms with van der Waals surface area (Å²) in [7, 11) is 0. The number of hydrogen-bond donors (Lipinski definition) is 4. The normalized spacial score (nSPS) is 39.8. The second-order valence-corrected chi connectivity index (χ2v) is 11.4. The van der Waals surface area contributed by atoms with Crippen molar-refractivity contribution in [2.45, 2.75) is 116 Å². The number of allylic oxidation sites excluding steroid dienone is 3. The maximum atomic E-state index is 10.0. The molecule has 0 bridgehead atoms. The Morgan fingerprint density at radius 2 is 1.77 bits per heavy atom. The van der Waals surface area contributed by atoms with E-state index in [1.807, 2.05) is 13.8 Å². The van der Waals surface area contributed by atoms with Crippen molar-refractivity contribution < 1.29 is 20.4 Å². The van der Waals surface area contributed by atoms with Crippen molar-refractivity contribution >= 4 is 0 Å². The van der Waals surface area contributed by atoms with Gasteiger partial charge in [0.2, 0.25) is 0 Å². The summed E-state index contributed by atoms with van der Waals surface area (Å²) < 4.78 is 0. The van der Waals surface area contributed by atoms with Crippen LogP contribution in [0.25, 0.3) is 0 Å². The highest BCUT2D eigenvalue weighted by atomic mass is 16.4. The van der Waals surface area contributed by atoms with Gasteiger partial charge in [-0.15, -0.1) is 0 Å². The van der Waals surface area contributed by atoms with Crippen LogP contribution in [0.2, 0.25) is 0 Å². The van der Waals surface area contributed by atoms with Crippen molar-refractivity contribution in [1.29, 1.82) is 0 Å². The largest absolute Gasteiger partial charge is 0.390 e. The highest BCUT2D eigenvalue weighted by molar-refractivity contribution is 5.26. The predicted octanol–water partition coefficient (Wildman–Crippen LogP) is 4.51. The Morgan fingerprint density at radius 1 is 1.10 bits per heavy atom. The summed E-state index contributed by atoms with van der Waals surface area (Å²) in [5, 5.41) is 39.7. The van der Waals surface area contributed by atoms with E-state index in [2.05, 4.69) is 26.0 Å². The molecule has 0 aromatic carbocycles. The summed E-state index contributed by atoms with van der Waals surface area (Å²) in [5.74, 6) is 2.06. The van der Waals surface area contributed by atoms with E-state index >= 15 is 0 Å². The van der Waals surface area contributed by atoms with E-state index in [1.54, 1.807) is 0 Å². The van der Waals surface area contributed by atoms with Crippen molar-refractivity contribution in [3.63, 3.8) is 0 Å². The van der Waals surface area contributed by atoms with Crippen LogP contribution in [-0.2, 0) is 0 Å². The molecular formula is C26H44O4. The van der Waals surface area contributed by atoms with Crippen LogP contribution in [0.5, 0.6) is 0 Å². The standard InChI is InChI=1S/C26H44O4/c1-17(7-5-13-25(2,3)30)20-11-12-21-19(8-6-14-26(20,21)4)10-9-18-15-22(27)24(29)23(28)16-18/h9-10,17,20-24,27-30H,5-8,11-16H2,1-4H3/b18-9?,19-10+/t17-,20-,21+,22-,23-,24?,26?/m1/s1. The van der Waals surface area contributed by atoms with Gasteiger partial charge in [0.15, 0.2) is 0 Å². The third kappa shape index (κ3) is 5.38. The fourth-order valence-corrected chi connectivity index (χ4v) is 6.75.